The van der Waals surface area contributed by atoms with Crippen molar-refractivity contribution in [3.8, 4) is 0 Å². The van der Waals surface area contributed by atoms with Gasteiger partial charge in [-0.3, -0.25) is 0 Å². The van der Waals surface area contributed by atoms with E-state index in [9.17, 15) is 9.59 Å². The Morgan fingerprint density at radius 3 is 1.79 bits per heavy atom. The lowest BCUT2D eigenvalue weighted by atomic mass is 10.1. The minimum Gasteiger partial charge on any atom is -0.460 e. The standard InChI is InChI=1S/C13H17NO4S/c1-9(2)11(15)17-6-13(5,14-8-19)7-18-12(16)10(3)4/h1,3,6-7H2,2,4-5H3. The van der Waals surface area contributed by atoms with Crippen LogP contribution in [0, 0.1) is 0 Å². The number of aliphatic imine (C=N–C) groups is 1. The van der Waals surface area contributed by atoms with E-state index in [-0.39, 0.29) is 24.4 Å². The van der Waals surface area contributed by atoms with E-state index in [4.69, 9.17) is 9.47 Å². The van der Waals surface area contributed by atoms with Gasteiger partial charge in [0.15, 0.2) is 0 Å². The molecule has 0 aliphatic heterocycles. The second-order valence-electron chi connectivity index (χ2n) is 4.41. The molecule has 0 rings (SSSR count). The number of carbonyl (C=O) groups excluding carboxylic acids is 2. The molecule has 0 spiro atoms. The molecule has 19 heavy (non-hydrogen) atoms. The van der Waals surface area contributed by atoms with E-state index < -0.39 is 17.5 Å². The van der Waals surface area contributed by atoms with Gasteiger partial charge < -0.3 is 9.47 Å². The SMILES string of the molecule is C=C(C)C(=O)OCC(C)(COC(=O)C(=C)C)N=C=S. The molecule has 0 fully saturated rings. The highest BCUT2D eigenvalue weighted by atomic mass is 32.1. The molecule has 5 nitrogen and oxygen atoms in total. The number of rotatable bonds is 7. The fraction of sp³-hybridized carbons (Fsp3) is 0.462. The number of esters is 2. The van der Waals surface area contributed by atoms with Crippen LogP contribution in [0.15, 0.2) is 29.3 Å². The van der Waals surface area contributed by atoms with Gasteiger partial charge in [0.1, 0.15) is 18.8 Å². The molecular formula is C13H17NO4S. The molecule has 0 bridgehead atoms. The zero-order chi connectivity index (χ0) is 15.1. The summed E-state index contributed by atoms with van der Waals surface area (Å²) in [5.74, 6) is -1.09. The monoisotopic (exact) mass is 283 g/mol. The molecule has 0 radical (unpaired) electrons. The van der Waals surface area contributed by atoms with Crippen LogP contribution in [0.25, 0.3) is 0 Å². The maximum atomic E-state index is 11.3. The van der Waals surface area contributed by atoms with Crippen molar-refractivity contribution in [3.05, 3.63) is 24.3 Å². The Morgan fingerprint density at radius 1 is 1.16 bits per heavy atom. The summed E-state index contributed by atoms with van der Waals surface area (Å²) in [5, 5.41) is 2.20. The Kier molecular flexibility index (Phi) is 6.90. The van der Waals surface area contributed by atoms with Crippen molar-refractivity contribution in [2.24, 2.45) is 4.99 Å². The first-order valence-electron chi connectivity index (χ1n) is 5.46. The molecule has 0 heterocycles. The molecule has 0 N–H and O–H groups in total. The number of hydrogen-bond acceptors (Lipinski definition) is 6. The van der Waals surface area contributed by atoms with Crippen molar-refractivity contribution < 1.29 is 19.1 Å². The van der Waals surface area contributed by atoms with Gasteiger partial charge in [-0.05, 0) is 33.0 Å². The van der Waals surface area contributed by atoms with Crippen LogP contribution in [0.3, 0.4) is 0 Å². The number of isothiocyanates is 1. The number of hydrogen-bond donors (Lipinski definition) is 0. The lowest BCUT2D eigenvalue weighted by molar-refractivity contribution is -0.144. The summed E-state index contributed by atoms with van der Waals surface area (Å²) in [5.41, 5.74) is -0.432. The number of ether oxygens (including phenoxy) is 2. The Labute approximate surface area is 118 Å². The van der Waals surface area contributed by atoms with Crippen molar-refractivity contribution in [3.63, 3.8) is 0 Å². The van der Waals surface area contributed by atoms with Crippen molar-refractivity contribution >= 4 is 29.3 Å². The van der Waals surface area contributed by atoms with Gasteiger partial charge in [0.25, 0.3) is 0 Å². The van der Waals surface area contributed by atoms with Crippen LogP contribution in [-0.2, 0) is 19.1 Å². The molecule has 0 amide bonds. The highest BCUT2D eigenvalue weighted by molar-refractivity contribution is 7.78. The summed E-state index contributed by atoms with van der Waals surface area (Å²) in [6.45, 7) is 11.4. The van der Waals surface area contributed by atoms with Gasteiger partial charge in [0.2, 0.25) is 0 Å². The predicted octanol–water partition coefficient (Wildman–Crippen LogP) is 2.09. The number of thiocarbonyl (C=S) groups is 1. The van der Waals surface area contributed by atoms with Crippen molar-refractivity contribution in [2.75, 3.05) is 13.2 Å². The van der Waals surface area contributed by atoms with Crippen molar-refractivity contribution in [1.29, 1.82) is 0 Å². The Bertz CT molecular complexity index is 420. The average molecular weight is 283 g/mol. The van der Waals surface area contributed by atoms with Crippen LogP contribution in [-0.4, -0.2) is 35.9 Å². The summed E-state index contributed by atoms with van der Waals surface area (Å²) >= 11 is 4.53. The van der Waals surface area contributed by atoms with E-state index >= 15 is 0 Å². The Morgan fingerprint density at radius 2 is 1.53 bits per heavy atom. The molecule has 0 atom stereocenters. The quantitative estimate of drug-likeness (QED) is 0.310. The van der Waals surface area contributed by atoms with Crippen LogP contribution in [0.1, 0.15) is 20.8 Å². The topological polar surface area (TPSA) is 65.0 Å². The van der Waals surface area contributed by atoms with Crippen molar-refractivity contribution in [1.82, 2.24) is 0 Å². The Balaban J connectivity index is 4.63. The van der Waals surface area contributed by atoms with E-state index in [1.165, 1.54) is 13.8 Å². The molecule has 0 unspecified atom stereocenters. The zero-order valence-electron chi connectivity index (χ0n) is 11.3. The molecule has 0 saturated heterocycles. The maximum absolute atomic E-state index is 11.3. The molecule has 0 aliphatic rings. The number of carbonyl (C=O) groups is 2. The molecule has 0 aromatic carbocycles. The first-order valence-corrected chi connectivity index (χ1v) is 5.87. The van der Waals surface area contributed by atoms with Gasteiger partial charge in [-0.1, -0.05) is 13.2 Å². The van der Waals surface area contributed by atoms with Gasteiger partial charge in [-0.25, -0.2) is 14.6 Å². The third-order valence-corrected chi connectivity index (χ3v) is 2.13. The predicted molar refractivity (Wildman–Crippen MR) is 75.0 cm³/mol. The summed E-state index contributed by atoms with van der Waals surface area (Å²) < 4.78 is 9.96. The largest absolute Gasteiger partial charge is 0.460 e. The van der Waals surface area contributed by atoms with E-state index in [1.54, 1.807) is 6.92 Å². The minimum absolute atomic E-state index is 0.0915. The Hall–Kier alpha value is -1.78. The third-order valence-electron chi connectivity index (χ3n) is 2.04. The molecule has 104 valence electrons. The number of nitrogens with zero attached hydrogens (tertiary/aromatic N) is 1. The molecule has 0 aliphatic carbocycles. The van der Waals surface area contributed by atoms with E-state index in [0.29, 0.717) is 0 Å². The molecule has 0 aromatic rings. The second-order valence-corrected chi connectivity index (χ2v) is 4.60. The maximum Gasteiger partial charge on any atom is 0.333 e. The molecule has 6 heteroatoms. The van der Waals surface area contributed by atoms with Crippen molar-refractivity contribution in [2.45, 2.75) is 26.3 Å². The normalized spacial score (nSPS) is 10.1. The molecule has 0 saturated carbocycles. The highest BCUT2D eigenvalue weighted by Crippen LogP contribution is 2.13. The smallest absolute Gasteiger partial charge is 0.333 e. The summed E-state index contributed by atoms with van der Waals surface area (Å²) in [6, 6.07) is 0. The van der Waals surface area contributed by atoms with Crippen LogP contribution in [0.2, 0.25) is 0 Å². The van der Waals surface area contributed by atoms with Gasteiger partial charge in [-0.15, -0.1) is 0 Å². The molecular weight excluding hydrogens is 266 g/mol. The zero-order valence-corrected chi connectivity index (χ0v) is 12.1. The summed E-state index contributed by atoms with van der Waals surface area (Å²) in [6.07, 6.45) is 0. The fourth-order valence-corrected chi connectivity index (χ4v) is 1.13. The summed E-state index contributed by atoms with van der Waals surface area (Å²) in [4.78, 5) is 26.5. The van der Waals surface area contributed by atoms with Crippen LogP contribution in [0.4, 0.5) is 0 Å². The molecule has 0 aromatic heterocycles. The van der Waals surface area contributed by atoms with Gasteiger partial charge in [0.05, 0.1) is 5.16 Å². The first kappa shape index (κ1) is 17.2. The highest BCUT2D eigenvalue weighted by Gasteiger charge is 2.28. The van der Waals surface area contributed by atoms with Crippen LogP contribution >= 0.6 is 12.2 Å². The van der Waals surface area contributed by atoms with Gasteiger partial charge in [0, 0.05) is 11.1 Å². The third kappa shape index (κ3) is 6.64. The van der Waals surface area contributed by atoms with Gasteiger partial charge in [-0.2, -0.15) is 0 Å². The minimum atomic E-state index is -0.974. The van der Waals surface area contributed by atoms with E-state index in [0.717, 1.165) is 0 Å². The first-order chi connectivity index (χ1) is 8.72. The fourth-order valence-electron chi connectivity index (χ4n) is 0.905. The van der Waals surface area contributed by atoms with Crippen LogP contribution in [0.5, 0.6) is 0 Å². The summed E-state index contributed by atoms with van der Waals surface area (Å²) in [7, 11) is 0. The van der Waals surface area contributed by atoms with Crippen LogP contribution < -0.4 is 0 Å². The van der Waals surface area contributed by atoms with Gasteiger partial charge >= 0.3 is 11.9 Å². The van der Waals surface area contributed by atoms with E-state index in [1.807, 2.05) is 0 Å². The second kappa shape index (κ2) is 7.61. The van der Waals surface area contributed by atoms with E-state index in [2.05, 4.69) is 35.5 Å². The average Bonchev–Trinajstić information content (AvgIpc) is 2.33. The lowest BCUT2D eigenvalue weighted by Gasteiger charge is -2.23. The lowest BCUT2D eigenvalue weighted by Crippen LogP contribution is -2.36.